The predicted octanol–water partition coefficient (Wildman–Crippen LogP) is -0.563. The van der Waals surface area contributed by atoms with E-state index < -0.39 is 16.1 Å². The standard InChI is InChI=1S/C4H8O5S/c5-2-1-3-9-4-10(6,7)8/h2H,1,3-4H2,(H,6,7,8). The van der Waals surface area contributed by atoms with Gasteiger partial charge in [0, 0.05) is 6.42 Å². The van der Waals surface area contributed by atoms with Crippen LogP contribution in [0.5, 0.6) is 0 Å². The first kappa shape index (κ1) is 9.54. The minimum absolute atomic E-state index is 0.0172. The Morgan fingerprint density at radius 2 is 2.10 bits per heavy atom. The maximum absolute atomic E-state index is 9.94. The largest absolute Gasteiger partial charge is 0.363 e. The van der Waals surface area contributed by atoms with Gasteiger partial charge in [0.05, 0.1) is 6.61 Å². The van der Waals surface area contributed by atoms with Gasteiger partial charge in [-0.15, -0.1) is 0 Å². The van der Waals surface area contributed by atoms with Crippen LogP contribution in [-0.2, 0) is 19.6 Å². The number of rotatable bonds is 5. The average Bonchev–Trinajstić information content (AvgIpc) is 1.78. The van der Waals surface area contributed by atoms with Gasteiger partial charge >= 0.3 is 0 Å². The Morgan fingerprint density at radius 3 is 2.50 bits per heavy atom. The van der Waals surface area contributed by atoms with Crippen molar-refractivity contribution >= 4 is 16.4 Å². The van der Waals surface area contributed by atoms with E-state index in [2.05, 4.69) is 4.74 Å². The Bertz CT molecular complexity index is 182. The first-order chi connectivity index (χ1) is 4.56. The molecule has 0 saturated heterocycles. The molecule has 5 nitrogen and oxygen atoms in total. The van der Waals surface area contributed by atoms with E-state index in [9.17, 15) is 13.2 Å². The quantitative estimate of drug-likeness (QED) is 0.338. The van der Waals surface area contributed by atoms with Gasteiger partial charge < -0.3 is 9.53 Å². The van der Waals surface area contributed by atoms with E-state index in [1.165, 1.54) is 0 Å². The lowest BCUT2D eigenvalue weighted by atomic mass is 10.5. The summed E-state index contributed by atoms with van der Waals surface area (Å²) < 4.78 is 32.3. The highest BCUT2D eigenvalue weighted by Gasteiger charge is 2.02. The SMILES string of the molecule is O=CCCOCS(=O)(=O)O. The van der Waals surface area contributed by atoms with Gasteiger partial charge in [0.25, 0.3) is 10.1 Å². The third kappa shape index (κ3) is 7.54. The summed E-state index contributed by atoms with van der Waals surface area (Å²) in [7, 11) is -4.04. The molecule has 1 N–H and O–H groups in total. The van der Waals surface area contributed by atoms with Crippen LogP contribution in [0, 0.1) is 0 Å². The van der Waals surface area contributed by atoms with Crippen molar-refractivity contribution in [2.75, 3.05) is 12.5 Å². The van der Waals surface area contributed by atoms with E-state index in [-0.39, 0.29) is 13.0 Å². The van der Waals surface area contributed by atoms with Crippen molar-refractivity contribution in [2.24, 2.45) is 0 Å². The summed E-state index contributed by atoms with van der Waals surface area (Å²) in [6, 6.07) is 0. The van der Waals surface area contributed by atoms with Crippen molar-refractivity contribution in [1.82, 2.24) is 0 Å². The van der Waals surface area contributed by atoms with Crippen molar-refractivity contribution < 1.29 is 22.5 Å². The van der Waals surface area contributed by atoms with Gasteiger partial charge in [-0.25, -0.2) is 0 Å². The highest BCUT2D eigenvalue weighted by atomic mass is 32.2. The Morgan fingerprint density at radius 1 is 1.50 bits per heavy atom. The Hall–Kier alpha value is -0.460. The molecule has 0 rings (SSSR count). The second-order valence-electron chi connectivity index (χ2n) is 1.56. The summed E-state index contributed by atoms with van der Waals surface area (Å²) in [5.74, 6) is -0.749. The molecule has 0 aromatic heterocycles. The minimum Gasteiger partial charge on any atom is -0.363 e. The molecule has 0 aliphatic carbocycles. The highest BCUT2D eigenvalue weighted by molar-refractivity contribution is 7.85. The molecule has 0 aromatic rings. The summed E-state index contributed by atoms with van der Waals surface area (Å²) in [6.45, 7) is 0.0172. The van der Waals surface area contributed by atoms with Crippen LogP contribution >= 0.6 is 0 Å². The van der Waals surface area contributed by atoms with Gasteiger partial charge in [-0.05, 0) is 0 Å². The van der Waals surface area contributed by atoms with Gasteiger partial charge in [0.2, 0.25) is 0 Å². The van der Waals surface area contributed by atoms with Crippen molar-refractivity contribution in [3.05, 3.63) is 0 Å². The summed E-state index contributed by atoms with van der Waals surface area (Å²) in [5, 5.41) is 0. The van der Waals surface area contributed by atoms with E-state index in [1.54, 1.807) is 0 Å². The zero-order chi connectivity index (χ0) is 8.04. The van der Waals surface area contributed by atoms with E-state index in [0.29, 0.717) is 6.29 Å². The molecule has 0 bridgehead atoms. The van der Waals surface area contributed by atoms with Crippen LogP contribution in [0.3, 0.4) is 0 Å². The number of hydrogen-bond acceptors (Lipinski definition) is 4. The van der Waals surface area contributed by atoms with Crippen molar-refractivity contribution in [3.63, 3.8) is 0 Å². The van der Waals surface area contributed by atoms with Crippen LogP contribution in [0.25, 0.3) is 0 Å². The van der Waals surface area contributed by atoms with Crippen LogP contribution in [-0.4, -0.2) is 31.8 Å². The first-order valence-corrected chi connectivity index (χ1v) is 4.14. The second kappa shape index (κ2) is 4.37. The summed E-state index contributed by atoms with van der Waals surface area (Å²) in [4.78, 5) is 9.64. The summed E-state index contributed by atoms with van der Waals surface area (Å²) in [6.07, 6.45) is 0.736. The maximum atomic E-state index is 9.94. The van der Waals surface area contributed by atoms with Crippen LogP contribution in [0.1, 0.15) is 6.42 Å². The third-order valence-corrected chi connectivity index (χ3v) is 1.08. The first-order valence-electron chi connectivity index (χ1n) is 2.53. The molecule has 0 atom stereocenters. The molecule has 0 saturated carbocycles. The van der Waals surface area contributed by atoms with E-state index in [1.807, 2.05) is 0 Å². The molecule has 0 radical (unpaired) electrons. The lowest BCUT2D eigenvalue weighted by molar-refractivity contribution is -0.108. The second-order valence-corrected chi connectivity index (χ2v) is 2.96. The molecule has 10 heavy (non-hydrogen) atoms. The number of aldehydes is 1. The van der Waals surface area contributed by atoms with Crippen LogP contribution < -0.4 is 0 Å². The third-order valence-electron chi connectivity index (χ3n) is 0.612. The average molecular weight is 168 g/mol. The van der Waals surface area contributed by atoms with Crippen LogP contribution in [0.4, 0.5) is 0 Å². The van der Waals surface area contributed by atoms with Crippen molar-refractivity contribution in [1.29, 1.82) is 0 Å². The Labute approximate surface area is 58.7 Å². The summed E-state index contributed by atoms with van der Waals surface area (Å²) in [5.41, 5.74) is 0. The van der Waals surface area contributed by atoms with Gasteiger partial charge in [-0.1, -0.05) is 0 Å². The molecular weight excluding hydrogens is 160 g/mol. The summed E-state index contributed by atoms with van der Waals surface area (Å²) >= 11 is 0. The molecule has 0 unspecified atom stereocenters. The van der Waals surface area contributed by atoms with E-state index in [0.717, 1.165) is 0 Å². The zero-order valence-corrected chi connectivity index (χ0v) is 6.00. The Balaban J connectivity index is 3.29. The Kier molecular flexibility index (Phi) is 4.17. The molecule has 60 valence electrons. The van der Waals surface area contributed by atoms with E-state index >= 15 is 0 Å². The molecule has 0 amide bonds. The highest BCUT2D eigenvalue weighted by Crippen LogP contribution is 1.84. The molecule has 0 aliphatic rings. The van der Waals surface area contributed by atoms with E-state index in [4.69, 9.17) is 4.55 Å². The molecule has 0 heterocycles. The topological polar surface area (TPSA) is 80.7 Å². The minimum atomic E-state index is -4.04. The van der Waals surface area contributed by atoms with Crippen molar-refractivity contribution in [2.45, 2.75) is 6.42 Å². The van der Waals surface area contributed by atoms with Gasteiger partial charge in [-0.3, -0.25) is 4.55 Å². The molecular formula is C4H8O5S. The number of hydrogen-bond donors (Lipinski definition) is 1. The molecule has 0 aromatic carbocycles. The lowest BCUT2D eigenvalue weighted by Crippen LogP contribution is -2.08. The monoisotopic (exact) mass is 168 g/mol. The van der Waals surface area contributed by atoms with Gasteiger partial charge in [-0.2, -0.15) is 8.42 Å². The smallest absolute Gasteiger partial charge is 0.289 e. The van der Waals surface area contributed by atoms with Crippen LogP contribution in [0.2, 0.25) is 0 Å². The molecule has 0 fully saturated rings. The number of carbonyl (C=O) groups is 1. The van der Waals surface area contributed by atoms with Crippen LogP contribution in [0.15, 0.2) is 0 Å². The fraction of sp³-hybridized carbons (Fsp3) is 0.750. The number of ether oxygens (including phenoxy) is 1. The zero-order valence-electron chi connectivity index (χ0n) is 5.19. The molecule has 0 spiro atoms. The number of carbonyl (C=O) groups excluding carboxylic acids is 1. The lowest BCUT2D eigenvalue weighted by Gasteiger charge is -1.96. The maximum Gasteiger partial charge on any atom is 0.289 e. The van der Waals surface area contributed by atoms with Crippen molar-refractivity contribution in [3.8, 4) is 0 Å². The fourth-order valence-electron chi connectivity index (χ4n) is 0.296. The fourth-order valence-corrected chi connectivity index (χ4v) is 0.624. The molecule has 0 aliphatic heterocycles. The normalized spacial score (nSPS) is 11.3. The van der Waals surface area contributed by atoms with Gasteiger partial charge in [0.1, 0.15) is 6.29 Å². The predicted molar refractivity (Wildman–Crippen MR) is 33.0 cm³/mol. The van der Waals surface area contributed by atoms with Gasteiger partial charge in [0.15, 0.2) is 5.94 Å². The molecule has 6 heteroatoms.